The van der Waals surface area contributed by atoms with Gasteiger partial charge in [0.15, 0.2) is 0 Å². The summed E-state index contributed by atoms with van der Waals surface area (Å²) in [4.78, 5) is 4.23. The zero-order valence-electron chi connectivity index (χ0n) is 6.79. The van der Waals surface area contributed by atoms with Crippen molar-refractivity contribution < 1.29 is 0 Å². The van der Waals surface area contributed by atoms with Gasteiger partial charge < -0.3 is 4.57 Å². The van der Waals surface area contributed by atoms with Crippen molar-refractivity contribution >= 4 is 22.6 Å². The van der Waals surface area contributed by atoms with Gasteiger partial charge in [0, 0.05) is 12.9 Å². The monoisotopic (exact) mass is 180 g/mol. The number of aryl methyl sites for hydroxylation is 1. The lowest BCUT2D eigenvalue weighted by Crippen LogP contribution is -1.88. The van der Waals surface area contributed by atoms with E-state index in [0.29, 0.717) is 5.88 Å². The zero-order chi connectivity index (χ0) is 8.55. The van der Waals surface area contributed by atoms with E-state index in [1.165, 1.54) is 0 Å². The average Bonchev–Trinajstić information content (AvgIpc) is 2.48. The van der Waals surface area contributed by atoms with Gasteiger partial charge in [-0.2, -0.15) is 0 Å². The van der Waals surface area contributed by atoms with E-state index in [1.54, 1.807) is 6.33 Å². The minimum atomic E-state index is 0.539. The molecule has 0 aliphatic heterocycles. The molecule has 0 atom stereocenters. The third-order valence-electron chi connectivity index (χ3n) is 1.96. The molecule has 3 heteroatoms. The highest BCUT2D eigenvalue weighted by Crippen LogP contribution is 2.18. The number of fused-ring (bicyclic) bond motifs is 1. The predicted octanol–water partition coefficient (Wildman–Crippen LogP) is 2.31. The second-order valence-electron chi connectivity index (χ2n) is 2.77. The molecule has 0 saturated heterocycles. The Labute approximate surface area is 75.8 Å². The summed E-state index contributed by atoms with van der Waals surface area (Å²) >= 11 is 5.79. The first-order valence-electron chi connectivity index (χ1n) is 3.78. The molecule has 62 valence electrons. The van der Waals surface area contributed by atoms with Crippen LogP contribution in [0.2, 0.25) is 0 Å². The van der Waals surface area contributed by atoms with Crippen molar-refractivity contribution in [3.63, 3.8) is 0 Å². The lowest BCUT2D eigenvalue weighted by molar-refractivity contribution is 0.943. The molecule has 1 heterocycles. The number of nitrogens with zero attached hydrogens (tertiary/aromatic N) is 2. The van der Waals surface area contributed by atoms with Crippen molar-refractivity contribution in [2.45, 2.75) is 5.88 Å². The van der Waals surface area contributed by atoms with Crippen molar-refractivity contribution in [1.29, 1.82) is 0 Å². The van der Waals surface area contributed by atoms with E-state index < -0.39 is 0 Å². The highest BCUT2D eigenvalue weighted by molar-refractivity contribution is 6.17. The Morgan fingerprint density at radius 3 is 3.08 bits per heavy atom. The molecular weight excluding hydrogens is 172 g/mol. The quantitative estimate of drug-likeness (QED) is 0.616. The Hall–Kier alpha value is -1.02. The number of halogens is 1. The molecule has 2 aromatic rings. The number of rotatable bonds is 1. The number of para-hydroxylation sites is 1. The SMILES string of the molecule is Cn1cnc2cccc(CCl)c21. The molecule has 0 saturated carbocycles. The fourth-order valence-corrected chi connectivity index (χ4v) is 1.62. The van der Waals surface area contributed by atoms with E-state index in [-0.39, 0.29) is 0 Å². The number of hydrogen-bond acceptors (Lipinski definition) is 1. The smallest absolute Gasteiger partial charge is 0.0955 e. The highest BCUT2D eigenvalue weighted by atomic mass is 35.5. The maximum absolute atomic E-state index is 5.79. The first-order chi connectivity index (χ1) is 5.83. The molecule has 1 aromatic carbocycles. The van der Waals surface area contributed by atoms with Gasteiger partial charge in [-0.25, -0.2) is 4.98 Å². The van der Waals surface area contributed by atoms with Gasteiger partial charge in [-0.3, -0.25) is 0 Å². The number of alkyl halides is 1. The molecule has 12 heavy (non-hydrogen) atoms. The van der Waals surface area contributed by atoms with E-state index >= 15 is 0 Å². The first-order valence-corrected chi connectivity index (χ1v) is 4.31. The van der Waals surface area contributed by atoms with Crippen molar-refractivity contribution in [1.82, 2.24) is 9.55 Å². The van der Waals surface area contributed by atoms with Gasteiger partial charge in [0.05, 0.1) is 17.4 Å². The van der Waals surface area contributed by atoms with Gasteiger partial charge in [0.25, 0.3) is 0 Å². The average molecular weight is 181 g/mol. The minimum absolute atomic E-state index is 0.539. The minimum Gasteiger partial charge on any atom is -0.333 e. The van der Waals surface area contributed by atoms with Crippen LogP contribution in [0.15, 0.2) is 24.5 Å². The molecule has 0 aliphatic rings. The third kappa shape index (κ3) is 0.994. The maximum Gasteiger partial charge on any atom is 0.0955 e. The van der Waals surface area contributed by atoms with Crippen LogP contribution < -0.4 is 0 Å². The number of hydrogen-bond donors (Lipinski definition) is 0. The topological polar surface area (TPSA) is 17.8 Å². The van der Waals surface area contributed by atoms with Crippen molar-refractivity contribution in [2.75, 3.05) is 0 Å². The molecule has 0 spiro atoms. The summed E-state index contributed by atoms with van der Waals surface area (Å²) < 4.78 is 1.99. The van der Waals surface area contributed by atoms with Crippen LogP contribution in [0, 0.1) is 0 Å². The fraction of sp³-hybridized carbons (Fsp3) is 0.222. The summed E-state index contributed by atoms with van der Waals surface area (Å²) in [5.74, 6) is 0.539. The van der Waals surface area contributed by atoms with Gasteiger partial charge in [0.2, 0.25) is 0 Å². The summed E-state index contributed by atoms with van der Waals surface area (Å²) in [7, 11) is 1.98. The normalized spacial score (nSPS) is 10.8. The van der Waals surface area contributed by atoms with Crippen LogP contribution in [0.5, 0.6) is 0 Å². The lowest BCUT2D eigenvalue weighted by atomic mass is 10.2. The van der Waals surface area contributed by atoms with E-state index in [0.717, 1.165) is 16.6 Å². The van der Waals surface area contributed by atoms with Gasteiger partial charge in [-0.15, -0.1) is 11.6 Å². The van der Waals surface area contributed by atoms with Crippen molar-refractivity contribution in [3.05, 3.63) is 30.1 Å². The van der Waals surface area contributed by atoms with Crippen molar-refractivity contribution in [3.8, 4) is 0 Å². The second-order valence-corrected chi connectivity index (χ2v) is 3.04. The van der Waals surface area contributed by atoms with Gasteiger partial charge in [-0.1, -0.05) is 12.1 Å². The first kappa shape index (κ1) is 7.62. The third-order valence-corrected chi connectivity index (χ3v) is 2.25. The van der Waals surface area contributed by atoms with Gasteiger partial charge in [0.1, 0.15) is 0 Å². The van der Waals surface area contributed by atoms with Crippen LogP contribution in [-0.2, 0) is 12.9 Å². The Bertz CT molecular complexity index is 406. The molecular formula is C9H9ClN2. The molecule has 0 fully saturated rings. The predicted molar refractivity (Wildman–Crippen MR) is 50.3 cm³/mol. The fourth-order valence-electron chi connectivity index (χ4n) is 1.40. The van der Waals surface area contributed by atoms with E-state index in [4.69, 9.17) is 11.6 Å². The Balaban J connectivity index is 2.84. The molecule has 2 rings (SSSR count). The lowest BCUT2D eigenvalue weighted by Gasteiger charge is -1.99. The Kier molecular flexibility index (Phi) is 1.77. The number of benzene rings is 1. The standard InChI is InChI=1S/C9H9ClN2/c1-12-6-11-8-4-2-3-7(5-10)9(8)12/h2-4,6H,5H2,1H3. The van der Waals surface area contributed by atoms with Crippen LogP contribution >= 0.6 is 11.6 Å². The van der Waals surface area contributed by atoms with E-state index in [2.05, 4.69) is 4.98 Å². The molecule has 2 nitrogen and oxygen atoms in total. The summed E-state index contributed by atoms with van der Waals surface area (Å²) in [5, 5.41) is 0. The molecule has 0 N–H and O–H groups in total. The van der Waals surface area contributed by atoms with Crippen LogP contribution in [0.1, 0.15) is 5.56 Å². The van der Waals surface area contributed by atoms with E-state index in [1.807, 2.05) is 29.8 Å². The molecule has 0 radical (unpaired) electrons. The summed E-state index contributed by atoms with van der Waals surface area (Å²) in [6.07, 6.45) is 1.81. The Morgan fingerprint density at radius 2 is 2.33 bits per heavy atom. The van der Waals surface area contributed by atoms with Crippen LogP contribution in [0.4, 0.5) is 0 Å². The summed E-state index contributed by atoms with van der Waals surface area (Å²) in [6.45, 7) is 0. The largest absolute Gasteiger partial charge is 0.333 e. The zero-order valence-corrected chi connectivity index (χ0v) is 7.54. The second kappa shape index (κ2) is 2.79. The number of imidazole rings is 1. The molecule has 0 aliphatic carbocycles. The molecule has 0 unspecified atom stereocenters. The summed E-state index contributed by atoms with van der Waals surface area (Å²) in [6, 6.07) is 6.00. The number of aromatic nitrogens is 2. The maximum atomic E-state index is 5.79. The van der Waals surface area contributed by atoms with E-state index in [9.17, 15) is 0 Å². The highest BCUT2D eigenvalue weighted by Gasteiger charge is 2.03. The molecule has 0 amide bonds. The van der Waals surface area contributed by atoms with Gasteiger partial charge >= 0.3 is 0 Å². The van der Waals surface area contributed by atoms with Gasteiger partial charge in [-0.05, 0) is 11.6 Å². The molecule has 1 aromatic heterocycles. The molecule has 0 bridgehead atoms. The van der Waals surface area contributed by atoms with Crippen LogP contribution in [-0.4, -0.2) is 9.55 Å². The van der Waals surface area contributed by atoms with Crippen molar-refractivity contribution in [2.24, 2.45) is 7.05 Å². The van der Waals surface area contributed by atoms with Crippen LogP contribution in [0.3, 0.4) is 0 Å². The van der Waals surface area contributed by atoms with Crippen LogP contribution in [0.25, 0.3) is 11.0 Å². The Morgan fingerprint density at radius 1 is 1.50 bits per heavy atom. The summed E-state index contributed by atoms with van der Waals surface area (Å²) in [5.41, 5.74) is 3.28.